The van der Waals surface area contributed by atoms with Crippen molar-refractivity contribution < 1.29 is 17.4 Å². The molecule has 1 unspecified atom stereocenters. The van der Waals surface area contributed by atoms with Gasteiger partial charge in [-0.25, -0.2) is 22.8 Å². The molecular formula is C18H22N4O4S2. The number of aliphatic imine (C=N–C) groups is 1. The monoisotopic (exact) mass is 422 g/mol. The molecule has 0 fully saturated rings. The van der Waals surface area contributed by atoms with Crippen molar-refractivity contribution in [3.05, 3.63) is 42.5 Å². The molecule has 0 saturated carbocycles. The van der Waals surface area contributed by atoms with Gasteiger partial charge in [-0.15, -0.1) is 0 Å². The molecule has 1 aliphatic rings. The number of primary sulfonamides is 1. The van der Waals surface area contributed by atoms with E-state index in [1.54, 1.807) is 31.4 Å². The van der Waals surface area contributed by atoms with Crippen LogP contribution in [0.3, 0.4) is 0 Å². The highest BCUT2D eigenvalue weighted by Gasteiger charge is 2.28. The van der Waals surface area contributed by atoms with Gasteiger partial charge in [0, 0.05) is 13.1 Å². The number of ether oxygens (including phenoxy) is 1. The fraction of sp³-hybridized carbons (Fsp3) is 0.278. The lowest BCUT2D eigenvalue weighted by molar-refractivity contribution is 0.414. The van der Waals surface area contributed by atoms with Crippen LogP contribution in [0.2, 0.25) is 0 Å². The Kier molecular flexibility index (Phi) is 5.46. The SMILES string of the molecule is CCN(CC)C1=Nc2ccc(S(N)(=O)=O)cc2S(=O)(c2ccc(OC)cc2)=N1. The minimum atomic E-state index is -3.96. The van der Waals surface area contributed by atoms with Gasteiger partial charge in [0.15, 0.2) is 0 Å². The number of hydrogen-bond acceptors (Lipinski definition) is 7. The third-order valence-electron chi connectivity index (χ3n) is 4.41. The molecule has 0 aliphatic carbocycles. The van der Waals surface area contributed by atoms with Gasteiger partial charge in [0.2, 0.25) is 16.0 Å². The summed E-state index contributed by atoms with van der Waals surface area (Å²) in [4.78, 5) is 6.91. The van der Waals surface area contributed by atoms with Crippen LogP contribution in [0.5, 0.6) is 5.75 Å². The predicted octanol–water partition coefficient (Wildman–Crippen LogP) is 2.57. The summed E-state index contributed by atoms with van der Waals surface area (Å²) in [5.41, 5.74) is 0.408. The molecule has 0 radical (unpaired) electrons. The number of hydrogen-bond donors (Lipinski definition) is 1. The van der Waals surface area contributed by atoms with Gasteiger partial charge in [0.05, 0.1) is 27.5 Å². The number of guanidine groups is 1. The van der Waals surface area contributed by atoms with E-state index in [-0.39, 0.29) is 9.79 Å². The van der Waals surface area contributed by atoms with E-state index >= 15 is 0 Å². The Morgan fingerprint density at radius 3 is 2.29 bits per heavy atom. The summed E-state index contributed by atoms with van der Waals surface area (Å²) < 4.78 is 47.4. The average molecular weight is 423 g/mol. The molecule has 0 aromatic heterocycles. The lowest BCUT2D eigenvalue weighted by atomic mass is 10.3. The van der Waals surface area contributed by atoms with E-state index < -0.39 is 19.8 Å². The van der Waals surface area contributed by atoms with Crippen LogP contribution in [0.25, 0.3) is 0 Å². The second-order valence-electron chi connectivity index (χ2n) is 6.05. The molecule has 2 N–H and O–H groups in total. The van der Waals surface area contributed by atoms with E-state index in [1.807, 2.05) is 18.7 Å². The third-order valence-corrected chi connectivity index (χ3v) is 7.58. The first-order valence-electron chi connectivity index (χ1n) is 8.64. The normalized spacial score (nSPS) is 18.6. The van der Waals surface area contributed by atoms with Crippen molar-refractivity contribution in [3.8, 4) is 5.75 Å². The zero-order valence-electron chi connectivity index (χ0n) is 15.8. The van der Waals surface area contributed by atoms with E-state index in [0.29, 0.717) is 35.4 Å². The molecule has 0 spiro atoms. The first-order valence-corrected chi connectivity index (χ1v) is 11.7. The molecule has 1 aliphatic heterocycles. The average Bonchev–Trinajstić information content (AvgIpc) is 2.68. The molecule has 1 atom stereocenters. The first-order chi connectivity index (χ1) is 13.2. The Hall–Kier alpha value is -2.43. The Morgan fingerprint density at radius 1 is 1.11 bits per heavy atom. The molecular weight excluding hydrogens is 400 g/mol. The van der Waals surface area contributed by atoms with Crippen LogP contribution in [-0.4, -0.2) is 43.7 Å². The van der Waals surface area contributed by atoms with Gasteiger partial charge in [0.25, 0.3) is 0 Å². The quantitative estimate of drug-likeness (QED) is 0.795. The van der Waals surface area contributed by atoms with Crippen LogP contribution in [0.15, 0.2) is 66.5 Å². The highest BCUT2D eigenvalue weighted by atomic mass is 32.2. The minimum Gasteiger partial charge on any atom is -0.497 e. The summed E-state index contributed by atoms with van der Waals surface area (Å²) in [5.74, 6) is 0.959. The molecule has 8 nitrogen and oxygen atoms in total. The van der Waals surface area contributed by atoms with Crippen LogP contribution in [0.1, 0.15) is 13.8 Å². The Labute approximate surface area is 165 Å². The van der Waals surface area contributed by atoms with Crippen LogP contribution in [0.4, 0.5) is 5.69 Å². The molecule has 0 amide bonds. The molecule has 0 bridgehead atoms. The van der Waals surface area contributed by atoms with Crippen molar-refractivity contribution in [2.75, 3.05) is 20.2 Å². The van der Waals surface area contributed by atoms with Crippen molar-refractivity contribution in [1.82, 2.24) is 4.90 Å². The summed E-state index contributed by atoms with van der Waals surface area (Å²) in [6, 6.07) is 10.8. The lowest BCUT2D eigenvalue weighted by Crippen LogP contribution is -2.31. The summed E-state index contributed by atoms with van der Waals surface area (Å²) in [5, 5.41) is 5.26. The van der Waals surface area contributed by atoms with Gasteiger partial charge in [-0.1, -0.05) is 0 Å². The first kappa shape index (κ1) is 20.3. The smallest absolute Gasteiger partial charge is 0.238 e. The van der Waals surface area contributed by atoms with Gasteiger partial charge in [-0.2, -0.15) is 4.36 Å². The van der Waals surface area contributed by atoms with Crippen LogP contribution < -0.4 is 9.88 Å². The number of sulfonamides is 1. The van der Waals surface area contributed by atoms with E-state index in [9.17, 15) is 12.6 Å². The van der Waals surface area contributed by atoms with E-state index in [2.05, 4.69) is 9.36 Å². The van der Waals surface area contributed by atoms with Gasteiger partial charge in [-0.05, 0) is 56.3 Å². The van der Waals surface area contributed by atoms with E-state index in [1.165, 1.54) is 18.2 Å². The standard InChI is InChI=1S/C18H22N4O4S2/c1-4-22(5-2)18-20-16-11-10-15(28(19,24)25)12-17(16)27(23,21-18)14-8-6-13(26-3)7-9-14/h6-12H,4-5H2,1-3H3,(H2,19,24,25). The molecule has 3 rings (SSSR count). The highest BCUT2D eigenvalue weighted by Crippen LogP contribution is 2.37. The van der Waals surface area contributed by atoms with Crippen LogP contribution in [0, 0.1) is 0 Å². The summed E-state index contributed by atoms with van der Waals surface area (Å²) >= 11 is 0. The second kappa shape index (κ2) is 7.53. The fourth-order valence-electron chi connectivity index (χ4n) is 2.85. The number of nitrogens with two attached hydrogens (primary N) is 1. The van der Waals surface area contributed by atoms with Crippen LogP contribution in [-0.2, 0) is 19.8 Å². The fourth-order valence-corrected chi connectivity index (χ4v) is 5.50. The Balaban J connectivity index is 2.31. The summed E-state index contributed by atoms with van der Waals surface area (Å²) in [6.07, 6.45) is 0. The number of rotatable bonds is 5. The summed E-state index contributed by atoms with van der Waals surface area (Å²) in [6.45, 7) is 5.19. The summed E-state index contributed by atoms with van der Waals surface area (Å²) in [7, 11) is -5.60. The lowest BCUT2D eigenvalue weighted by Gasteiger charge is -2.25. The maximum absolute atomic E-state index is 14.1. The largest absolute Gasteiger partial charge is 0.497 e. The minimum absolute atomic E-state index is 0.135. The molecule has 1 heterocycles. The predicted molar refractivity (Wildman–Crippen MR) is 108 cm³/mol. The van der Waals surface area contributed by atoms with Crippen molar-refractivity contribution in [1.29, 1.82) is 0 Å². The molecule has 2 aromatic rings. The van der Waals surface area contributed by atoms with E-state index in [4.69, 9.17) is 9.88 Å². The second-order valence-corrected chi connectivity index (χ2v) is 9.76. The van der Waals surface area contributed by atoms with Crippen molar-refractivity contribution in [2.45, 2.75) is 28.5 Å². The molecule has 28 heavy (non-hydrogen) atoms. The van der Waals surface area contributed by atoms with E-state index in [0.717, 1.165) is 0 Å². The Morgan fingerprint density at radius 2 is 1.75 bits per heavy atom. The molecule has 2 aromatic carbocycles. The zero-order valence-corrected chi connectivity index (χ0v) is 17.5. The topological polar surface area (TPSA) is 114 Å². The van der Waals surface area contributed by atoms with Crippen LogP contribution >= 0.6 is 0 Å². The van der Waals surface area contributed by atoms with Crippen molar-refractivity contribution in [2.24, 2.45) is 14.5 Å². The number of nitrogens with zero attached hydrogens (tertiary/aromatic N) is 3. The zero-order chi connectivity index (χ0) is 20.5. The number of fused-ring (bicyclic) bond motifs is 1. The maximum atomic E-state index is 14.1. The van der Waals surface area contributed by atoms with Gasteiger partial charge < -0.3 is 9.64 Å². The number of benzene rings is 2. The highest BCUT2D eigenvalue weighted by molar-refractivity contribution is 7.94. The van der Waals surface area contributed by atoms with Gasteiger partial charge in [0.1, 0.15) is 15.5 Å². The Bertz CT molecular complexity index is 1140. The molecule has 150 valence electrons. The third kappa shape index (κ3) is 3.62. The molecule has 0 saturated heterocycles. The maximum Gasteiger partial charge on any atom is 0.238 e. The van der Waals surface area contributed by atoms with Crippen molar-refractivity contribution >= 4 is 31.4 Å². The van der Waals surface area contributed by atoms with Crippen molar-refractivity contribution in [3.63, 3.8) is 0 Å². The number of methoxy groups -OCH3 is 1. The van der Waals surface area contributed by atoms with Gasteiger partial charge in [-0.3, -0.25) is 0 Å². The van der Waals surface area contributed by atoms with Gasteiger partial charge >= 0.3 is 0 Å². The molecule has 10 heteroatoms.